The number of aryl methyl sites for hydroxylation is 1. The number of nitrogens with two attached hydrogens (primary N) is 1. The number of halogens is 3. The molecule has 1 unspecified atom stereocenters. The number of benzene rings is 3. The van der Waals surface area contributed by atoms with Crippen LogP contribution in [0.4, 0.5) is 8.78 Å². The quantitative estimate of drug-likeness (QED) is 0.257. The van der Waals surface area contributed by atoms with Crippen molar-refractivity contribution in [1.29, 1.82) is 0 Å². The van der Waals surface area contributed by atoms with Crippen LogP contribution in [0.2, 0.25) is 5.02 Å². The highest BCUT2D eigenvalue weighted by Crippen LogP contribution is 2.52. The molecule has 45 heavy (non-hydrogen) atoms. The number of hydrogen-bond donors (Lipinski definition) is 2. The molecule has 8 nitrogen and oxygen atoms in total. The second-order valence-electron chi connectivity index (χ2n) is 12.1. The molecule has 0 saturated heterocycles. The number of ether oxygens (including phenoxy) is 3. The van der Waals surface area contributed by atoms with Crippen molar-refractivity contribution >= 4 is 17.5 Å². The number of hydrogen-bond acceptors (Lipinski definition) is 6. The monoisotopic (exact) mass is 634 g/mol. The minimum atomic E-state index is -0.952. The predicted octanol–water partition coefficient (Wildman–Crippen LogP) is 6.05. The largest absolute Gasteiger partial charge is 0.483 e. The highest BCUT2D eigenvalue weighted by molar-refractivity contribution is 6.34. The Hall–Kier alpha value is -3.99. The van der Waals surface area contributed by atoms with Gasteiger partial charge in [0.1, 0.15) is 23.9 Å². The standard InChI is InChI=1S/C34H33ClF2N4O4/c1-41-15-24-21-12-22(33(38)42)29(31(37)32(21)44-16-26(24)40-41)28-23-14-34(18-6-4-3-5-7-18,45-27(23)13-25(36)30(28)35)17-39-19-8-10-20(43-2)11-9-19/h3-7,12-13,15,19-20,39H,8-11,14,16-17H2,1-2H3,(H2,38,42). The lowest BCUT2D eigenvalue weighted by atomic mass is 9.84. The molecule has 4 aromatic rings. The number of carbonyl (C=O) groups is 1. The summed E-state index contributed by atoms with van der Waals surface area (Å²) in [6.07, 6.45) is 6.02. The summed E-state index contributed by atoms with van der Waals surface area (Å²) < 4.78 is 51.9. The first-order valence-electron chi connectivity index (χ1n) is 15.0. The van der Waals surface area contributed by atoms with Crippen LogP contribution >= 0.6 is 11.6 Å². The number of rotatable bonds is 7. The molecule has 1 fully saturated rings. The van der Waals surface area contributed by atoms with Crippen LogP contribution in [-0.4, -0.2) is 41.5 Å². The Bertz CT molecular complexity index is 1810. The van der Waals surface area contributed by atoms with Crippen LogP contribution in [0.3, 0.4) is 0 Å². The summed E-state index contributed by atoms with van der Waals surface area (Å²) in [5.41, 5.74) is 7.48. The minimum Gasteiger partial charge on any atom is -0.483 e. The molecule has 0 bridgehead atoms. The van der Waals surface area contributed by atoms with E-state index in [4.69, 9.17) is 31.5 Å². The molecule has 1 saturated carbocycles. The van der Waals surface area contributed by atoms with Gasteiger partial charge >= 0.3 is 0 Å². The molecule has 2 aliphatic heterocycles. The third-order valence-electron chi connectivity index (χ3n) is 9.32. The lowest BCUT2D eigenvalue weighted by molar-refractivity contribution is 0.0530. The van der Waals surface area contributed by atoms with E-state index in [1.165, 1.54) is 12.1 Å². The number of carbonyl (C=O) groups excluding carboxylic acids is 1. The van der Waals surface area contributed by atoms with Crippen LogP contribution in [0.25, 0.3) is 22.3 Å². The molecule has 1 amide bonds. The number of nitrogens with zero attached hydrogens (tertiary/aromatic N) is 2. The van der Waals surface area contributed by atoms with Crippen molar-refractivity contribution in [1.82, 2.24) is 15.1 Å². The second kappa shape index (κ2) is 11.4. The molecular weight excluding hydrogens is 602 g/mol. The first-order chi connectivity index (χ1) is 21.7. The van der Waals surface area contributed by atoms with Gasteiger partial charge in [0.25, 0.3) is 0 Å². The van der Waals surface area contributed by atoms with E-state index < -0.39 is 23.1 Å². The van der Waals surface area contributed by atoms with E-state index in [1.807, 2.05) is 30.3 Å². The Balaban J connectivity index is 1.35. The third kappa shape index (κ3) is 5.05. The Labute approximate surface area is 264 Å². The van der Waals surface area contributed by atoms with Crippen molar-refractivity contribution < 1.29 is 27.8 Å². The van der Waals surface area contributed by atoms with Gasteiger partial charge in [0, 0.05) is 73.2 Å². The van der Waals surface area contributed by atoms with E-state index in [1.54, 1.807) is 25.0 Å². The molecule has 3 N–H and O–H groups in total. The summed E-state index contributed by atoms with van der Waals surface area (Å²) in [5, 5.41) is 7.72. The highest BCUT2D eigenvalue weighted by Gasteiger charge is 2.45. The maximum atomic E-state index is 16.7. The number of fused-ring (bicyclic) bond motifs is 4. The first kappa shape index (κ1) is 29.7. The van der Waals surface area contributed by atoms with Gasteiger partial charge in [0.2, 0.25) is 5.91 Å². The fraction of sp³-hybridized carbons (Fsp3) is 0.353. The fourth-order valence-corrected chi connectivity index (χ4v) is 7.30. The molecule has 1 atom stereocenters. The van der Waals surface area contributed by atoms with Gasteiger partial charge in [-0.2, -0.15) is 5.10 Å². The Morgan fingerprint density at radius 2 is 1.91 bits per heavy atom. The zero-order chi connectivity index (χ0) is 31.5. The number of nitrogens with one attached hydrogen (secondary N) is 1. The number of methoxy groups -OCH3 is 1. The topological polar surface area (TPSA) is 101 Å². The molecule has 1 aromatic heterocycles. The van der Waals surface area contributed by atoms with Gasteiger partial charge in [-0.15, -0.1) is 0 Å². The van der Waals surface area contributed by atoms with Crippen molar-refractivity contribution in [2.45, 2.75) is 56.5 Å². The van der Waals surface area contributed by atoms with Gasteiger partial charge < -0.3 is 25.3 Å². The molecule has 3 heterocycles. The van der Waals surface area contributed by atoms with Gasteiger partial charge in [-0.1, -0.05) is 41.9 Å². The molecule has 234 valence electrons. The Kier molecular flexibility index (Phi) is 7.54. The molecule has 3 aromatic carbocycles. The van der Waals surface area contributed by atoms with E-state index in [-0.39, 0.29) is 58.4 Å². The van der Waals surface area contributed by atoms with Gasteiger partial charge in [-0.3, -0.25) is 9.48 Å². The minimum absolute atomic E-state index is 0.0276. The van der Waals surface area contributed by atoms with Crippen LogP contribution in [0.15, 0.2) is 48.7 Å². The SMILES string of the molecule is COC1CCC(NCC2(c3ccccc3)Cc3c(cc(F)c(Cl)c3-c3c(C(N)=O)cc4c(c3F)OCc3nn(C)cc3-4)O2)CC1. The summed E-state index contributed by atoms with van der Waals surface area (Å²) >= 11 is 6.66. The average Bonchev–Trinajstić information content (AvgIpc) is 3.62. The average molecular weight is 635 g/mol. The molecular formula is C34H33ClF2N4O4. The molecule has 3 aliphatic rings. The van der Waals surface area contributed by atoms with Crippen LogP contribution in [0.1, 0.15) is 52.9 Å². The first-order valence-corrected chi connectivity index (χ1v) is 15.4. The Morgan fingerprint density at radius 1 is 1.16 bits per heavy atom. The summed E-state index contributed by atoms with van der Waals surface area (Å²) in [4.78, 5) is 12.9. The molecule has 1 aliphatic carbocycles. The van der Waals surface area contributed by atoms with Gasteiger partial charge in [-0.05, 0) is 37.3 Å². The second-order valence-corrected chi connectivity index (χ2v) is 12.4. The van der Waals surface area contributed by atoms with Gasteiger partial charge in [0.05, 0.1) is 16.7 Å². The van der Waals surface area contributed by atoms with E-state index in [9.17, 15) is 4.79 Å². The van der Waals surface area contributed by atoms with E-state index in [0.717, 1.165) is 31.2 Å². The third-order valence-corrected chi connectivity index (χ3v) is 9.69. The lowest BCUT2D eigenvalue weighted by Gasteiger charge is -2.34. The fourth-order valence-electron chi connectivity index (χ4n) is 7.03. The van der Waals surface area contributed by atoms with Crippen LogP contribution in [0, 0.1) is 11.6 Å². The summed E-state index contributed by atoms with van der Waals surface area (Å²) in [6, 6.07) is 12.6. The zero-order valence-electron chi connectivity index (χ0n) is 25.0. The van der Waals surface area contributed by atoms with Crippen LogP contribution < -0.4 is 20.5 Å². The lowest BCUT2D eigenvalue weighted by Crippen LogP contribution is -2.47. The van der Waals surface area contributed by atoms with E-state index >= 15 is 8.78 Å². The van der Waals surface area contributed by atoms with Gasteiger partial charge in [0.15, 0.2) is 17.2 Å². The zero-order valence-corrected chi connectivity index (χ0v) is 25.7. The number of primary amides is 1. The number of amides is 1. The maximum Gasteiger partial charge on any atom is 0.249 e. The van der Waals surface area contributed by atoms with Crippen molar-refractivity contribution in [2.75, 3.05) is 13.7 Å². The summed E-state index contributed by atoms with van der Waals surface area (Å²) in [7, 11) is 3.48. The van der Waals surface area contributed by atoms with Crippen LogP contribution in [0.5, 0.6) is 11.5 Å². The smallest absolute Gasteiger partial charge is 0.249 e. The van der Waals surface area contributed by atoms with Crippen molar-refractivity contribution in [3.63, 3.8) is 0 Å². The number of aromatic nitrogens is 2. The van der Waals surface area contributed by atoms with Gasteiger partial charge in [-0.25, -0.2) is 8.78 Å². The Morgan fingerprint density at radius 3 is 2.62 bits per heavy atom. The normalized spacial score (nSPS) is 21.8. The molecule has 0 spiro atoms. The summed E-state index contributed by atoms with van der Waals surface area (Å²) in [6.45, 7) is 0.442. The highest BCUT2D eigenvalue weighted by atomic mass is 35.5. The molecule has 7 rings (SSSR count). The maximum absolute atomic E-state index is 16.7. The predicted molar refractivity (Wildman–Crippen MR) is 165 cm³/mol. The molecule has 11 heteroatoms. The van der Waals surface area contributed by atoms with Crippen molar-refractivity contribution in [3.8, 4) is 33.8 Å². The van der Waals surface area contributed by atoms with E-state index in [0.29, 0.717) is 28.9 Å². The van der Waals surface area contributed by atoms with E-state index in [2.05, 4.69) is 10.4 Å². The summed E-state index contributed by atoms with van der Waals surface area (Å²) in [5.74, 6) is -2.40. The molecule has 0 radical (unpaired) electrons. The van der Waals surface area contributed by atoms with Crippen molar-refractivity contribution in [2.24, 2.45) is 12.8 Å². The van der Waals surface area contributed by atoms with Crippen molar-refractivity contribution in [3.05, 3.63) is 87.7 Å². The van der Waals surface area contributed by atoms with Crippen LogP contribution in [-0.2, 0) is 30.4 Å².